The first kappa shape index (κ1) is 20.4. The highest BCUT2D eigenvalue weighted by molar-refractivity contribution is 5.90. The second-order valence-corrected chi connectivity index (χ2v) is 9.22. The summed E-state index contributed by atoms with van der Waals surface area (Å²) in [7, 11) is 4.09. The fourth-order valence-corrected chi connectivity index (χ4v) is 5.06. The third-order valence-corrected chi connectivity index (χ3v) is 6.78. The van der Waals surface area contributed by atoms with Crippen molar-refractivity contribution >= 4 is 22.7 Å². The van der Waals surface area contributed by atoms with Gasteiger partial charge in [-0.3, -0.25) is 0 Å². The van der Waals surface area contributed by atoms with Crippen molar-refractivity contribution in [2.45, 2.75) is 76.3 Å². The van der Waals surface area contributed by atoms with E-state index < -0.39 is 0 Å². The number of hydrogen-bond acceptors (Lipinski definition) is 5. The number of benzene rings is 1. The number of aromatic nitrogens is 2. The maximum absolute atomic E-state index is 4.80. The Kier molecular flexibility index (Phi) is 6.86. The van der Waals surface area contributed by atoms with Crippen LogP contribution in [-0.2, 0) is 0 Å². The number of anilines is 2. The molecular weight excluding hydrogens is 358 g/mol. The molecule has 0 bridgehead atoms. The van der Waals surface area contributed by atoms with Gasteiger partial charge in [0.1, 0.15) is 5.82 Å². The molecule has 0 amide bonds. The van der Waals surface area contributed by atoms with Gasteiger partial charge in [-0.05, 0) is 56.7 Å². The first-order valence-electron chi connectivity index (χ1n) is 11.6. The molecule has 2 saturated carbocycles. The smallest absolute Gasteiger partial charge is 0.225 e. The minimum atomic E-state index is 0.475. The van der Waals surface area contributed by atoms with E-state index in [0.717, 1.165) is 28.6 Å². The number of hydrogen-bond donors (Lipinski definition) is 2. The van der Waals surface area contributed by atoms with E-state index in [4.69, 9.17) is 9.97 Å². The molecule has 2 aliphatic carbocycles. The van der Waals surface area contributed by atoms with Crippen LogP contribution in [0.25, 0.3) is 10.9 Å². The number of nitrogens with one attached hydrogen (secondary N) is 2. The highest BCUT2D eigenvalue weighted by Crippen LogP contribution is 2.28. The van der Waals surface area contributed by atoms with Crippen LogP contribution in [0.1, 0.15) is 64.2 Å². The van der Waals surface area contributed by atoms with Crippen LogP contribution in [0.3, 0.4) is 0 Å². The van der Waals surface area contributed by atoms with Gasteiger partial charge in [0.25, 0.3) is 0 Å². The topological polar surface area (TPSA) is 53.1 Å². The summed E-state index contributed by atoms with van der Waals surface area (Å²) in [5.41, 5.74) is 1.01. The average molecular weight is 396 g/mol. The lowest BCUT2D eigenvalue weighted by Gasteiger charge is -2.31. The Bertz CT molecular complexity index is 776. The van der Waals surface area contributed by atoms with Gasteiger partial charge in [-0.1, -0.05) is 44.2 Å². The summed E-state index contributed by atoms with van der Waals surface area (Å²) < 4.78 is 0. The Balaban J connectivity index is 1.27. The summed E-state index contributed by atoms with van der Waals surface area (Å²) in [5, 5.41) is 8.56. The van der Waals surface area contributed by atoms with E-state index in [2.05, 4.69) is 27.7 Å². The van der Waals surface area contributed by atoms with Gasteiger partial charge in [0, 0.05) is 31.6 Å². The first-order valence-corrected chi connectivity index (χ1v) is 11.6. The third-order valence-electron chi connectivity index (χ3n) is 6.78. The molecule has 2 aromatic rings. The number of nitrogens with zero attached hydrogens (tertiary/aromatic N) is 3. The molecule has 1 aromatic heterocycles. The van der Waals surface area contributed by atoms with E-state index >= 15 is 0 Å². The molecule has 0 radical (unpaired) electrons. The molecule has 29 heavy (non-hydrogen) atoms. The van der Waals surface area contributed by atoms with Gasteiger partial charge in [-0.15, -0.1) is 0 Å². The molecule has 158 valence electrons. The number of rotatable bonds is 7. The molecule has 5 heteroatoms. The minimum Gasteiger partial charge on any atom is -0.362 e. The predicted molar refractivity (Wildman–Crippen MR) is 123 cm³/mol. The van der Waals surface area contributed by atoms with Crippen LogP contribution in [0.4, 0.5) is 11.8 Å². The van der Waals surface area contributed by atoms with Crippen LogP contribution in [0.15, 0.2) is 24.3 Å². The number of fused-ring (bicyclic) bond motifs is 1. The SMILES string of the molecule is CN(C)c1nc(N[C@H]2CC[C@@H](NCCC3CCCCC3)CC2)nc2ccccc12. The lowest BCUT2D eigenvalue weighted by atomic mass is 9.86. The molecule has 0 atom stereocenters. The van der Waals surface area contributed by atoms with Crippen molar-refractivity contribution in [1.29, 1.82) is 0 Å². The fraction of sp³-hybridized carbons (Fsp3) is 0.667. The zero-order chi connectivity index (χ0) is 20.1. The summed E-state index contributed by atoms with van der Waals surface area (Å²) >= 11 is 0. The molecule has 0 spiro atoms. The molecule has 0 aliphatic heterocycles. The molecule has 0 saturated heterocycles. The van der Waals surface area contributed by atoms with Crippen molar-refractivity contribution in [2.75, 3.05) is 30.9 Å². The van der Waals surface area contributed by atoms with E-state index in [1.165, 1.54) is 70.8 Å². The van der Waals surface area contributed by atoms with Crippen molar-refractivity contribution in [3.8, 4) is 0 Å². The van der Waals surface area contributed by atoms with Crippen LogP contribution < -0.4 is 15.5 Å². The molecule has 0 unspecified atom stereocenters. The maximum atomic E-state index is 4.80. The molecular formula is C24H37N5. The second kappa shape index (κ2) is 9.75. The highest BCUT2D eigenvalue weighted by atomic mass is 15.2. The minimum absolute atomic E-state index is 0.475. The standard InChI is InChI=1S/C24H37N5/c1-29(2)23-21-10-6-7-11-22(21)27-24(28-23)26-20-14-12-19(13-15-20)25-17-16-18-8-4-3-5-9-18/h6-7,10-11,18-20,25H,3-5,8-9,12-17H2,1-2H3,(H,26,27,28)/t19-,20+. The zero-order valence-electron chi connectivity index (χ0n) is 18.2. The van der Waals surface area contributed by atoms with Gasteiger partial charge in [-0.25, -0.2) is 4.98 Å². The molecule has 5 nitrogen and oxygen atoms in total. The van der Waals surface area contributed by atoms with Gasteiger partial charge in [0.05, 0.1) is 5.52 Å². The summed E-state index contributed by atoms with van der Waals surface area (Å²) in [4.78, 5) is 11.6. The lowest BCUT2D eigenvalue weighted by Crippen LogP contribution is -2.38. The van der Waals surface area contributed by atoms with Gasteiger partial charge >= 0.3 is 0 Å². The first-order chi connectivity index (χ1) is 14.2. The second-order valence-electron chi connectivity index (χ2n) is 9.22. The Morgan fingerprint density at radius 2 is 1.62 bits per heavy atom. The van der Waals surface area contributed by atoms with Crippen LogP contribution in [0, 0.1) is 5.92 Å². The zero-order valence-corrected chi connectivity index (χ0v) is 18.2. The van der Waals surface area contributed by atoms with Crippen molar-refractivity contribution in [3.05, 3.63) is 24.3 Å². The predicted octanol–water partition coefficient (Wildman–Crippen LogP) is 4.98. The van der Waals surface area contributed by atoms with Crippen molar-refractivity contribution < 1.29 is 0 Å². The van der Waals surface area contributed by atoms with E-state index in [-0.39, 0.29) is 0 Å². The molecule has 2 fully saturated rings. The van der Waals surface area contributed by atoms with Crippen LogP contribution >= 0.6 is 0 Å². The van der Waals surface area contributed by atoms with Crippen molar-refractivity contribution in [2.24, 2.45) is 5.92 Å². The van der Waals surface area contributed by atoms with E-state index in [9.17, 15) is 0 Å². The van der Waals surface area contributed by atoms with Crippen LogP contribution in [0.2, 0.25) is 0 Å². The molecule has 1 aromatic carbocycles. The van der Waals surface area contributed by atoms with Crippen molar-refractivity contribution in [1.82, 2.24) is 15.3 Å². The molecule has 1 heterocycles. The Hall–Kier alpha value is -1.88. The Morgan fingerprint density at radius 1 is 0.897 bits per heavy atom. The summed E-state index contributed by atoms with van der Waals surface area (Å²) in [6, 6.07) is 9.42. The average Bonchev–Trinajstić information content (AvgIpc) is 2.75. The fourth-order valence-electron chi connectivity index (χ4n) is 5.06. The van der Waals surface area contributed by atoms with E-state index in [1.807, 2.05) is 26.2 Å². The third kappa shape index (κ3) is 5.39. The summed E-state index contributed by atoms with van der Waals surface area (Å²) in [6.45, 7) is 1.20. The van der Waals surface area contributed by atoms with Gasteiger partial charge in [-0.2, -0.15) is 4.98 Å². The van der Waals surface area contributed by atoms with Crippen LogP contribution in [0.5, 0.6) is 0 Å². The molecule has 2 aliphatic rings. The van der Waals surface area contributed by atoms with Gasteiger partial charge in [0.2, 0.25) is 5.95 Å². The highest BCUT2D eigenvalue weighted by Gasteiger charge is 2.22. The lowest BCUT2D eigenvalue weighted by molar-refractivity contribution is 0.307. The van der Waals surface area contributed by atoms with Crippen LogP contribution in [-0.4, -0.2) is 42.7 Å². The van der Waals surface area contributed by atoms with Crippen molar-refractivity contribution in [3.63, 3.8) is 0 Å². The Labute approximate surface area is 175 Å². The van der Waals surface area contributed by atoms with E-state index in [0.29, 0.717) is 12.1 Å². The van der Waals surface area contributed by atoms with Gasteiger partial charge in [0.15, 0.2) is 0 Å². The number of para-hydroxylation sites is 1. The molecule has 2 N–H and O–H groups in total. The molecule has 4 rings (SSSR count). The summed E-state index contributed by atoms with van der Waals surface area (Å²) in [6.07, 6.45) is 13.5. The normalized spacial score (nSPS) is 23.2. The monoisotopic (exact) mass is 395 g/mol. The quantitative estimate of drug-likeness (QED) is 0.692. The van der Waals surface area contributed by atoms with E-state index in [1.54, 1.807) is 0 Å². The summed E-state index contributed by atoms with van der Waals surface area (Å²) in [5.74, 6) is 2.72. The Morgan fingerprint density at radius 3 is 2.38 bits per heavy atom. The maximum Gasteiger partial charge on any atom is 0.225 e. The van der Waals surface area contributed by atoms with Gasteiger partial charge < -0.3 is 15.5 Å². The largest absolute Gasteiger partial charge is 0.362 e.